The van der Waals surface area contributed by atoms with E-state index >= 15 is 0 Å². The number of rotatable bonds is 8. The molecule has 0 bridgehead atoms. The van der Waals surface area contributed by atoms with E-state index in [9.17, 15) is 4.79 Å². The number of amides is 1. The van der Waals surface area contributed by atoms with Crippen molar-refractivity contribution in [2.75, 3.05) is 19.0 Å². The topological polar surface area (TPSA) is 73.6 Å². The van der Waals surface area contributed by atoms with Crippen LogP contribution >= 0.6 is 0 Å². The highest BCUT2D eigenvalue weighted by molar-refractivity contribution is 5.91. The quantitative estimate of drug-likeness (QED) is 0.772. The summed E-state index contributed by atoms with van der Waals surface area (Å²) in [5, 5.41) is 2.89. The lowest BCUT2D eigenvalue weighted by Crippen LogP contribution is -2.28. The molecule has 0 heterocycles. The van der Waals surface area contributed by atoms with Gasteiger partial charge in [-0.15, -0.1) is 0 Å². The van der Waals surface area contributed by atoms with E-state index in [0.717, 1.165) is 24.1 Å². The largest absolute Gasteiger partial charge is 0.380 e. The molecule has 5 heteroatoms. The first-order valence-corrected chi connectivity index (χ1v) is 8.44. The number of nitrogens with one attached hydrogen (secondary N) is 1. The van der Waals surface area contributed by atoms with Gasteiger partial charge in [0.05, 0.1) is 25.2 Å². The minimum atomic E-state index is -0.243. The molecule has 128 valence electrons. The highest BCUT2D eigenvalue weighted by atomic mass is 16.5. The average Bonchev–Trinajstić information content (AvgIpc) is 2.59. The van der Waals surface area contributed by atoms with E-state index in [2.05, 4.69) is 5.32 Å². The fraction of sp³-hybridized carbons (Fsp3) is 0.611. The third-order valence-corrected chi connectivity index (χ3v) is 4.26. The lowest BCUT2D eigenvalue weighted by molar-refractivity contribution is -0.118. The monoisotopic (exact) mass is 320 g/mol. The predicted octanol–water partition coefficient (Wildman–Crippen LogP) is 2.84. The smallest absolute Gasteiger partial charge is 0.227 e. The van der Waals surface area contributed by atoms with Gasteiger partial charge < -0.3 is 20.5 Å². The summed E-state index contributed by atoms with van der Waals surface area (Å²) in [7, 11) is 1.56. The summed E-state index contributed by atoms with van der Waals surface area (Å²) in [5.41, 5.74) is 7.40. The third kappa shape index (κ3) is 6.29. The molecule has 1 unspecified atom stereocenters. The van der Waals surface area contributed by atoms with Crippen molar-refractivity contribution >= 4 is 11.6 Å². The molecule has 3 N–H and O–H groups in total. The summed E-state index contributed by atoms with van der Waals surface area (Å²) in [4.78, 5) is 12.0. The summed E-state index contributed by atoms with van der Waals surface area (Å²) in [6.45, 7) is 0.928. The van der Waals surface area contributed by atoms with Crippen molar-refractivity contribution in [3.8, 4) is 0 Å². The molecule has 0 saturated heterocycles. The fourth-order valence-electron chi connectivity index (χ4n) is 2.87. The minimum absolute atomic E-state index is 0.0901. The van der Waals surface area contributed by atoms with Gasteiger partial charge in [0.2, 0.25) is 5.91 Å². The predicted molar refractivity (Wildman–Crippen MR) is 91.2 cm³/mol. The van der Waals surface area contributed by atoms with Gasteiger partial charge >= 0.3 is 0 Å². The molecule has 0 aliphatic heterocycles. The highest BCUT2D eigenvalue weighted by Gasteiger charge is 2.14. The van der Waals surface area contributed by atoms with Gasteiger partial charge in [-0.05, 0) is 30.5 Å². The van der Waals surface area contributed by atoms with Crippen molar-refractivity contribution < 1.29 is 14.3 Å². The van der Waals surface area contributed by atoms with Crippen molar-refractivity contribution in [3.05, 3.63) is 29.8 Å². The van der Waals surface area contributed by atoms with Crippen LogP contribution in [0.1, 0.15) is 44.1 Å². The Morgan fingerprint density at radius 3 is 2.83 bits per heavy atom. The van der Waals surface area contributed by atoms with Gasteiger partial charge in [0.1, 0.15) is 0 Å². The van der Waals surface area contributed by atoms with E-state index in [1.807, 2.05) is 24.3 Å². The van der Waals surface area contributed by atoms with E-state index in [-0.39, 0.29) is 18.4 Å². The van der Waals surface area contributed by atoms with Gasteiger partial charge in [0.15, 0.2) is 0 Å². The van der Waals surface area contributed by atoms with Gasteiger partial charge in [-0.3, -0.25) is 4.79 Å². The highest BCUT2D eigenvalue weighted by Crippen LogP contribution is 2.22. The maximum atomic E-state index is 12.0. The van der Waals surface area contributed by atoms with E-state index < -0.39 is 0 Å². The number of carbonyl (C=O) groups excluding carboxylic acids is 1. The van der Waals surface area contributed by atoms with Crippen LogP contribution in [0.2, 0.25) is 0 Å². The summed E-state index contributed by atoms with van der Waals surface area (Å²) < 4.78 is 11.1. The van der Waals surface area contributed by atoms with Crippen LogP contribution in [0.25, 0.3) is 0 Å². The Kier molecular flexibility index (Phi) is 7.52. The normalized spacial score (nSPS) is 17.0. The molecule has 0 spiro atoms. The number of hydrogen-bond donors (Lipinski definition) is 2. The van der Waals surface area contributed by atoms with E-state index in [4.69, 9.17) is 15.2 Å². The first-order valence-electron chi connectivity index (χ1n) is 8.44. The number of ether oxygens (including phenoxy) is 2. The minimum Gasteiger partial charge on any atom is -0.380 e. The SMILES string of the molecule is COC(CN)CC(=O)Nc1cccc(COC2CCCCC2)c1. The molecule has 1 saturated carbocycles. The molecule has 1 amide bonds. The van der Waals surface area contributed by atoms with Crippen molar-refractivity contribution in [2.45, 2.75) is 57.3 Å². The molecule has 0 radical (unpaired) electrons. The number of carbonyl (C=O) groups is 1. The Labute approximate surface area is 138 Å². The Morgan fingerprint density at radius 2 is 2.13 bits per heavy atom. The van der Waals surface area contributed by atoms with Crippen molar-refractivity contribution in [1.82, 2.24) is 0 Å². The molecule has 1 aliphatic carbocycles. The van der Waals surface area contributed by atoms with Crippen LogP contribution in [0.3, 0.4) is 0 Å². The lowest BCUT2D eigenvalue weighted by atomic mass is 9.98. The molecule has 0 aromatic heterocycles. The second-order valence-electron chi connectivity index (χ2n) is 6.12. The van der Waals surface area contributed by atoms with Crippen molar-refractivity contribution in [2.24, 2.45) is 5.73 Å². The maximum absolute atomic E-state index is 12.0. The molecule has 2 rings (SSSR count). The summed E-state index contributed by atoms with van der Waals surface area (Å²) in [5.74, 6) is -0.0901. The van der Waals surface area contributed by atoms with Gasteiger partial charge in [-0.1, -0.05) is 31.4 Å². The Hall–Kier alpha value is -1.43. The second-order valence-corrected chi connectivity index (χ2v) is 6.12. The molecular formula is C18H28N2O3. The number of hydrogen-bond acceptors (Lipinski definition) is 4. The number of benzene rings is 1. The Morgan fingerprint density at radius 1 is 1.35 bits per heavy atom. The first-order chi connectivity index (χ1) is 11.2. The van der Waals surface area contributed by atoms with Crippen LogP contribution in [0.5, 0.6) is 0 Å². The van der Waals surface area contributed by atoms with Gasteiger partial charge in [-0.25, -0.2) is 0 Å². The lowest BCUT2D eigenvalue weighted by Gasteiger charge is -2.22. The van der Waals surface area contributed by atoms with E-state index in [1.54, 1.807) is 7.11 Å². The van der Waals surface area contributed by atoms with E-state index in [0.29, 0.717) is 19.3 Å². The summed E-state index contributed by atoms with van der Waals surface area (Å²) in [6, 6.07) is 7.81. The van der Waals surface area contributed by atoms with Gasteiger partial charge in [-0.2, -0.15) is 0 Å². The van der Waals surface area contributed by atoms with Crippen molar-refractivity contribution in [1.29, 1.82) is 0 Å². The Bertz CT molecular complexity index is 483. The van der Waals surface area contributed by atoms with Crippen LogP contribution in [-0.2, 0) is 20.9 Å². The van der Waals surface area contributed by atoms with Crippen LogP contribution in [0.15, 0.2) is 24.3 Å². The molecule has 5 nitrogen and oxygen atoms in total. The third-order valence-electron chi connectivity index (χ3n) is 4.26. The summed E-state index contributed by atoms with van der Waals surface area (Å²) >= 11 is 0. The van der Waals surface area contributed by atoms with Gasteiger partial charge in [0.25, 0.3) is 0 Å². The second kappa shape index (κ2) is 9.65. The van der Waals surface area contributed by atoms with Crippen LogP contribution in [0, 0.1) is 0 Å². The molecular weight excluding hydrogens is 292 g/mol. The molecule has 1 aromatic rings. The fourth-order valence-corrected chi connectivity index (χ4v) is 2.87. The van der Waals surface area contributed by atoms with Gasteiger partial charge in [0, 0.05) is 19.3 Å². The average molecular weight is 320 g/mol. The standard InChI is InChI=1S/C18H28N2O3/c1-22-17(12-19)11-18(21)20-15-7-5-6-14(10-15)13-23-16-8-3-2-4-9-16/h5-7,10,16-17H,2-4,8-9,11-13,19H2,1H3,(H,20,21). The van der Waals surface area contributed by atoms with Crippen LogP contribution in [0.4, 0.5) is 5.69 Å². The zero-order valence-electron chi connectivity index (χ0n) is 13.9. The zero-order chi connectivity index (χ0) is 16.5. The first kappa shape index (κ1) is 17.9. The maximum Gasteiger partial charge on any atom is 0.227 e. The molecule has 1 fully saturated rings. The number of nitrogens with two attached hydrogens (primary N) is 1. The number of methoxy groups -OCH3 is 1. The van der Waals surface area contributed by atoms with E-state index in [1.165, 1.54) is 19.3 Å². The van der Waals surface area contributed by atoms with Crippen LogP contribution < -0.4 is 11.1 Å². The van der Waals surface area contributed by atoms with Crippen molar-refractivity contribution in [3.63, 3.8) is 0 Å². The van der Waals surface area contributed by atoms with Crippen LogP contribution in [-0.4, -0.2) is 31.8 Å². The summed E-state index contributed by atoms with van der Waals surface area (Å²) in [6.07, 6.45) is 6.58. The zero-order valence-corrected chi connectivity index (χ0v) is 13.9. The molecule has 1 aliphatic rings. The number of anilines is 1. The molecule has 1 aromatic carbocycles. The molecule has 23 heavy (non-hydrogen) atoms. The molecule has 1 atom stereocenters. The Balaban J connectivity index is 1.82.